The van der Waals surface area contributed by atoms with Crippen LogP contribution < -0.4 is 5.84 Å². The van der Waals surface area contributed by atoms with Crippen molar-refractivity contribution in [1.29, 1.82) is 0 Å². The summed E-state index contributed by atoms with van der Waals surface area (Å²) in [5.41, 5.74) is 0. The number of hydrogen-bond donors (Lipinski definition) is 1. The molecular weight excluding hydrogens is 172 g/mol. The van der Waals surface area contributed by atoms with Crippen molar-refractivity contribution < 1.29 is 0 Å². The van der Waals surface area contributed by atoms with Crippen molar-refractivity contribution >= 4 is 12.2 Å². The maximum Gasteiger partial charge on any atom is 0.217 e. The molecule has 0 saturated heterocycles. The average molecular weight is 184 g/mol. The second kappa shape index (κ2) is 3.10. The molecule has 1 unspecified atom stereocenters. The van der Waals surface area contributed by atoms with E-state index in [4.69, 9.17) is 18.1 Å². The molecule has 1 heterocycles. The first-order valence-electron chi connectivity index (χ1n) is 3.63. The van der Waals surface area contributed by atoms with Gasteiger partial charge in [-0.1, -0.05) is 6.08 Å². The number of allylic oxidation sites excluding steroid dienone is 1. The molecule has 66 valence electrons. The van der Waals surface area contributed by atoms with Crippen molar-refractivity contribution in [2.24, 2.45) is 0 Å². The summed E-state index contributed by atoms with van der Waals surface area (Å²) >= 11 is 5.05. The fraction of sp³-hybridized carbons (Fsp3) is 0.429. The van der Waals surface area contributed by atoms with Gasteiger partial charge in [0.15, 0.2) is 0 Å². The molecule has 1 aromatic rings. The van der Waals surface area contributed by atoms with Gasteiger partial charge in [-0.05, 0) is 26.1 Å². The molecule has 0 bridgehead atoms. The highest BCUT2D eigenvalue weighted by atomic mass is 32.1. The van der Waals surface area contributed by atoms with E-state index in [1.807, 2.05) is 13.8 Å². The lowest BCUT2D eigenvalue weighted by atomic mass is 10.3. The van der Waals surface area contributed by atoms with E-state index in [9.17, 15) is 0 Å². The van der Waals surface area contributed by atoms with Crippen LogP contribution in [0.1, 0.15) is 18.8 Å². The standard InChI is InChI=1S/C7H12N4S/c1-4-5(2)11-7(12)10(8)6(3)9-11/h4-5H,1,8H2,2-3H3. The maximum absolute atomic E-state index is 5.59. The highest BCUT2D eigenvalue weighted by molar-refractivity contribution is 7.71. The van der Waals surface area contributed by atoms with Crippen molar-refractivity contribution in [1.82, 2.24) is 14.5 Å². The van der Waals surface area contributed by atoms with Crippen LogP contribution in [-0.2, 0) is 0 Å². The van der Waals surface area contributed by atoms with Crippen LogP contribution in [0.15, 0.2) is 12.7 Å². The van der Waals surface area contributed by atoms with Crippen molar-refractivity contribution in [2.75, 3.05) is 5.84 Å². The lowest BCUT2D eigenvalue weighted by molar-refractivity contribution is 0.567. The molecule has 2 N–H and O–H groups in total. The van der Waals surface area contributed by atoms with Crippen LogP contribution in [0.3, 0.4) is 0 Å². The Labute approximate surface area is 76.3 Å². The zero-order valence-corrected chi connectivity index (χ0v) is 8.01. The van der Waals surface area contributed by atoms with Crippen LogP contribution in [0.4, 0.5) is 0 Å². The van der Waals surface area contributed by atoms with E-state index >= 15 is 0 Å². The summed E-state index contributed by atoms with van der Waals surface area (Å²) in [6.07, 6.45) is 1.77. The van der Waals surface area contributed by atoms with Crippen LogP contribution in [0.25, 0.3) is 0 Å². The number of aryl methyl sites for hydroxylation is 1. The van der Waals surface area contributed by atoms with Crippen molar-refractivity contribution in [3.63, 3.8) is 0 Å². The van der Waals surface area contributed by atoms with Crippen LogP contribution in [0.2, 0.25) is 0 Å². The van der Waals surface area contributed by atoms with Crippen molar-refractivity contribution in [3.05, 3.63) is 23.3 Å². The van der Waals surface area contributed by atoms with Crippen LogP contribution in [0.5, 0.6) is 0 Å². The minimum atomic E-state index is 0.0843. The predicted molar refractivity (Wildman–Crippen MR) is 50.8 cm³/mol. The maximum atomic E-state index is 5.59. The summed E-state index contributed by atoms with van der Waals surface area (Å²) < 4.78 is 3.56. The van der Waals surface area contributed by atoms with Gasteiger partial charge in [-0.3, -0.25) is 0 Å². The minimum absolute atomic E-state index is 0.0843. The SMILES string of the molecule is C=CC(C)n1nc(C)n(N)c1=S. The molecular formula is C7H12N4S. The zero-order chi connectivity index (χ0) is 9.30. The number of nitrogen functional groups attached to an aromatic ring is 1. The van der Waals surface area contributed by atoms with Crippen molar-refractivity contribution in [3.8, 4) is 0 Å². The van der Waals surface area contributed by atoms with E-state index < -0.39 is 0 Å². The van der Waals surface area contributed by atoms with Gasteiger partial charge >= 0.3 is 0 Å². The van der Waals surface area contributed by atoms with E-state index in [0.29, 0.717) is 10.6 Å². The fourth-order valence-corrected chi connectivity index (χ4v) is 1.20. The summed E-state index contributed by atoms with van der Waals surface area (Å²) in [4.78, 5) is 0. The molecule has 0 aliphatic rings. The van der Waals surface area contributed by atoms with Gasteiger partial charge in [0.25, 0.3) is 0 Å². The second-order valence-electron chi connectivity index (χ2n) is 2.62. The van der Waals surface area contributed by atoms with E-state index in [-0.39, 0.29) is 6.04 Å². The Morgan fingerprint density at radius 2 is 2.33 bits per heavy atom. The van der Waals surface area contributed by atoms with Crippen molar-refractivity contribution in [2.45, 2.75) is 19.9 Å². The Kier molecular flexibility index (Phi) is 2.32. The molecule has 0 aromatic carbocycles. The highest BCUT2D eigenvalue weighted by Gasteiger charge is 2.06. The lowest BCUT2D eigenvalue weighted by Crippen LogP contribution is -2.11. The van der Waals surface area contributed by atoms with Crippen LogP contribution >= 0.6 is 12.2 Å². The Bertz CT molecular complexity index is 349. The minimum Gasteiger partial charge on any atom is -0.335 e. The molecule has 0 saturated carbocycles. The van der Waals surface area contributed by atoms with Gasteiger partial charge in [-0.2, -0.15) is 5.10 Å². The van der Waals surface area contributed by atoms with Gasteiger partial charge in [-0.15, -0.1) is 6.58 Å². The molecule has 0 aliphatic heterocycles. The lowest BCUT2D eigenvalue weighted by Gasteiger charge is -2.03. The fourth-order valence-electron chi connectivity index (χ4n) is 0.861. The van der Waals surface area contributed by atoms with Gasteiger partial charge in [0.05, 0.1) is 6.04 Å². The van der Waals surface area contributed by atoms with Crippen LogP contribution in [0, 0.1) is 11.7 Å². The third-order valence-corrected chi connectivity index (χ3v) is 2.11. The summed E-state index contributed by atoms with van der Waals surface area (Å²) in [5.74, 6) is 6.29. The first-order chi connectivity index (χ1) is 5.57. The number of aromatic nitrogens is 3. The largest absolute Gasteiger partial charge is 0.335 e. The summed E-state index contributed by atoms with van der Waals surface area (Å²) in [5, 5.41) is 4.16. The normalized spacial score (nSPS) is 12.8. The topological polar surface area (TPSA) is 48.8 Å². The third kappa shape index (κ3) is 1.27. The smallest absolute Gasteiger partial charge is 0.217 e. The molecule has 1 aromatic heterocycles. The Balaban J connectivity index is 3.27. The van der Waals surface area contributed by atoms with Gasteiger partial charge in [0.2, 0.25) is 4.77 Å². The molecule has 1 rings (SSSR count). The van der Waals surface area contributed by atoms with E-state index in [0.717, 1.165) is 0 Å². The molecule has 0 spiro atoms. The average Bonchev–Trinajstić information content (AvgIpc) is 2.32. The molecule has 0 radical (unpaired) electrons. The van der Waals surface area contributed by atoms with E-state index in [2.05, 4.69) is 11.7 Å². The number of nitrogens with zero attached hydrogens (tertiary/aromatic N) is 3. The monoisotopic (exact) mass is 184 g/mol. The van der Waals surface area contributed by atoms with E-state index in [1.165, 1.54) is 4.68 Å². The Morgan fingerprint density at radius 1 is 1.75 bits per heavy atom. The predicted octanol–water partition coefficient (Wildman–Crippen LogP) is 1.18. The number of rotatable bonds is 2. The van der Waals surface area contributed by atoms with Gasteiger partial charge < -0.3 is 5.84 Å². The Hall–Kier alpha value is -1.10. The molecule has 4 nitrogen and oxygen atoms in total. The second-order valence-corrected chi connectivity index (χ2v) is 2.99. The quantitative estimate of drug-likeness (QED) is 0.426. The van der Waals surface area contributed by atoms with Gasteiger partial charge in [0, 0.05) is 0 Å². The molecule has 0 amide bonds. The first kappa shape index (κ1) is 8.99. The highest BCUT2D eigenvalue weighted by Crippen LogP contribution is 2.06. The summed E-state index contributed by atoms with van der Waals surface area (Å²) in [7, 11) is 0. The van der Waals surface area contributed by atoms with Crippen LogP contribution in [-0.4, -0.2) is 14.5 Å². The number of nitrogens with two attached hydrogens (primary N) is 1. The molecule has 12 heavy (non-hydrogen) atoms. The van der Waals surface area contributed by atoms with E-state index in [1.54, 1.807) is 10.8 Å². The van der Waals surface area contributed by atoms with Gasteiger partial charge in [-0.25, -0.2) is 9.36 Å². The molecule has 0 aliphatic carbocycles. The summed E-state index contributed by atoms with van der Waals surface area (Å²) in [6, 6.07) is 0.0843. The summed E-state index contributed by atoms with van der Waals surface area (Å²) in [6.45, 7) is 7.42. The molecule has 5 heteroatoms. The Morgan fingerprint density at radius 3 is 2.67 bits per heavy atom. The zero-order valence-electron chi connectivity index (χ0n) is 7.19. The third-order valence-electron chi connectivity index (χ3n) is 1.73. The molecule has 0 fully saturated rings. The number of hydrogen-bond acceptors (Lipinski definition) is 3. The van der Waals surface area contributed by atoms with Gasteiger partial charge in [0.1, 0.15) is 5.82 Å². The first-order valence-corrected chi connectivity index (χ1v) is 4.04. The molecule has 1 atom stereocenters.